The van der Waals surface area contributed by atoms with Crippen molar-refractivity contribution in [3.63, 3.8) is 0 Å². The van der Waals surface area contributed by atoms with E-state index in [1.165, 1.54) is 0 Å². The molecule has 0 bridgehead atoms. The van der Waals surface area contributed by atoms with E-state index in [2.05, 4.69) is 15.1 Å². The molecule has 56 valence electrons. The van der Waals surface area contributed by atoms with E-state index >= 15 is 0 Å². The van der Waals surface area contributed by atoms with Gasteiger partial charge < -0.3 is 5.32 Å². The Morgan fingerprint density at radius 2 is 2.55 bits per heavy atom. The van der Waals surface area contributed by atoms with Gasteiger partial charge in [-0.3, -0.25) is 4.98 Å². The van der Waals surface area contributed by atoms with Crippen molar-refractivity contribution < 1.29 is 0 Å². The van der Waals surface area contributed by atoms with Gasteiger partial charge in [-0.2, -0.15) is 0 Å². The van der Waals surface area contributed by atoms with E-state index in [1.807, 2.05) is 6.92 Å². The summed E-state index contributed by atoms with van der Waals surface area (Å²) in [4.78, 5) is 7.33. The van der Waals surface area contributed by atoms with Crippen molar-refractivity contribution in [2.24, 2.45) is 0 Å². The number of nitrogens with zero attached hydrogens (tertiary/aromatic N) is 2. The van der Waals surface area contributed by atoms with Gasteiger partial charge in [0.25, 0.3) is 0 Å². The first-order chi connectivity index (χ1) is 5.38. The maximum absolute atomic E-state index is 6.81. The van der Waals surface area contributed by atoms with Gasteiger partial charge in [-0.15, -0.1) is 0 Å². The fourth-order valence-corrected chi connectivity index (χ4v) is 0.791. The molecule has 1 N–H and O–H groups in total. The molecule has 1 rings (SSSR count). The Bertz CT molecular complexity index is 275. The molecule has 0 unspecified atom stereocenters. The highest BCUT2D eigenvalue weighted by Gasteiger charge is 1.98. The minimum absolute atomic E-state index is 0.578. The zero-order valence-corrected chi connectivity index (χ0v) is 6.33. The molecule has 1 aromatic heterocycles. The summed E-state index contributed by atoms with van der Waals surface area (Å²) in [6.07, 6.45) is 1.67. The molecular formula is C8H9N3. The topological polar surface area (TPSA) is 29.3 Å². The SMILES string of the molecule is [C-]#[N+]c1cccnc1NCC. The molecule has 0 aliphatic rings. The largest absolute Gasteiger partial charge is 0.379 e. The molecule has 1 heterocycles. The number of anilines is 1. The molecule has 0 aliphatic heterocycles. The number of hydrogen-bond acceptors (Lipinski definition) is 2. The van der Waals surface area contributed by atoms with Crippen LogP contribution in [0.1, 0.15) is 6.92 Å². The maximum Gasteiger partial charge on any atom is 0.228 e. The number of hydrogen-bond donors (Lipinski definition) is 1. The van der Waals surface area contributed by atoms with E-state index < -0.39 is 0 Å². The van der Waals surface area contributed by atoms with Gasteiger partial charge >= 0.3 is 0 Å². The van der Waals surface area contributed by atoms with E-state index in [0.717, 1.165) is 6.54 Å². The van der Waals surface area contributed by atoms with Gasteiger partial charge in [0, 0.05) is 12.7 Å². The predicted molar refractivity (Wildman–Crippen MR) is 44.7 cm³/mol. The van der Waals surface area contributed by atoms with Crippen LogP contribution in [0, 0.1) is 6.57 Å². The molecule has 0 aliphatic carbocycles. The lowest BCUT2D eigenvalue weighted by atomic mass is 10.4. The second kappa shape index (κ2) is 3.57. The number of nitrogens with one attached hydrogen (secondary N) is 1. The highest BCUT2D eigenvalue weighted by atomic mass is 15.0. The van der Waals surface area contributed by atoms with Crippen LogP contribution in [0.3, 0.4) is 0 Å². The highest BCUT2D eigenvalue weighted by molar-refractivity contribution is 5.64. The summed E-state index contributed by atoms with van der Waals surface area (Å²) in [6, 6.07) is 3.51. The van der Waals surface area contributed by atoms with Crippen LogP contribution in [-0.2, 0) is 0 Å². The van der Waals surface area contributed by atoms with Crippen LogP contribution < -0.4 is 5.32 Å². The van der Waals surface area contributed by atoms with Crippen molar-refractivity contribution >= 4 is 11.5 Å². The van der Waals surface area contributed by atoms with E-state index in [-0.39, 0.29) is 0 Å². The summed E-state index contributed by atoms with van der Waals surface area (Å²) < 4.78 is 0. The molecule has 0 aromatic carbocycles. The van der Waals surface area contributed by atoms with Crippen LogP contribution in [0.5, 0.6) is 0 Å². The number of aromatic nitrogens is 1. The van der Waals surface area contributed by atoms with Crippen molar-refractivity contribution in [3.05, 3.63) is 29.7 Å². The zero-order valence-electron chi connectivity index (χ0n) is 6.33. The first kappa shape index (κ1) is 7.55. The second-order valence-corrected chi connectivity index (χ2v) is 2.01. The maximum atomic E-state index is 6.81. The van der Waals surface area contributed by atoms with Crippen LogP contribution in [-0.4, -0.2) is 11.5 Å². The van der Waals surface area contributed by atoms with Crippen molar-refractivity contribution in [1.29, 1.82) is 0 Å². The summed E-state index contributed by atoms with van der Waals surface area (Å²) in [7, 11) is 0. The molecule has 11 heavy (non-hydrogen) atoms. The first-order valence-electron chi connectivity index (χ1n) is 3.45. The van der Waals surface area contributed by atoms with Gasteiger partial charge in [0.05, 0.1) is 6.57 Å². The van der Waals surface area contributed by atoms with Crippen LogP contribution >= 0.6 is 0 Å². The fraction of sp³-hybridized carbons (Fsp3) is 0.250. The molecule has 0 fully saturated rings. The molecular weight excluding hydrogens is 138 g/mol. The van der Waals surface area contributed by atoms with Crippen molar-refractivity contribution in [3.8, 4) is 0 Å². The molecule has 0 amide bonds. The van der Waals surface area contributed by atoms with Gasteiger partial charge in [-0.25, -0.2) is 4.85 Å². The van der Waals surface area contributed by atoms with Crippen LogP contribution in [0.4, 0.5) is 11.5 Å². The molecule has 0 atom stereocenters. The number of pyridine rings is 1. The Labute approximate surface area is 65.9 Å². The van der Waals surface area contributed by atoms with Gasteiger partial charge in [0.2, 0.25) is 5.69 Å². The normalized spacial score (nSPS) is 8.73. The monoisotopic (exact) mass is 147 g/mol. The van der Waals surface area contributed by atoms with Crippen LogP contribution in [0.15, 0.2) is 18.3 Å². The Kier molecular flexibility index (Phi) is 2.45. The van der Waals surface area contributed by atoms with Gasteiger partial charge in [-0.1, -0.05) is 12.1 Å². The summed E-state index contributed by atoms with van der Waals surface area (Å²) in [5.41, 5.74) is 0.578. The minimum Gasteiger partial charge on any atom is -0.379 e. The van der Waals surface area contributed by atoms with E-state index in [1.54, 1.807) is 18.3 Å². The van der Waals surface area contributed by atoms with Gasteiger partial charge in [-0.05, 0) is 6.92 Å². The third-order valence-corrected chi connectivity index (χ3v) is 1.25. The fourth-order valence-electron chi connectivity index (χ4n) is 0.791. The summed E-state index contributed by atoms with van der Waals surface area (Å²) in [6.45, 7) is 9.57. The molecule has 3 nitrogen and oxygen atoms in total. The van der Waals surface area contributed by atoms with Crippen molar-refractivity contribution in [2.45, 2.75) is 6.92 Å². The Balaban J connectivity index is 2.95. The predicted octanol–water partition coefficient (Wildman–Crippen LogP) is 2.06. The summed E-state index contributed by atoms with van der Waals surface area (Å²) >= 11 is 0. The first-order valence-corrected chi connectivity index (χ1v) is 3.45. The van der Waals surface area contributed by atoms with E-state index in [4.69, 9.17) is 6.57 Å². The summed E-state index contributed by atoms with van der Waals surface area (Å²) in [5.74, 6) is 0.671. The number of rotatable bonds is 2. The van der Waals surface area contributed by atoms with Gasteiger partial charge in [0.1, 0.15) is 5.82 Å². The Morgan fingerprint density at radius 1 is 1.73 bits per heavy atom. The average Bonchev–Trinajstić information content (AvgIpc) is 2.06. The highest BCUT2D eigenvalue weighted by Crippen LogP contribution is 2.20. The smallest absolute Gasteiger partial charge is 0.228 e. The van der Waals surface area contributed by atoms with Crippen LogP contribution in [0.25, 0.3) is 4.85 Å². The van der Waals surface area contributed by atoms with Crippen molar-refractivity contribution in [2.75, 3.05) is 11.9 Å². The lowest BCUT2D eigenvalue weighted by Gasteiger charge is -2.01. The second-order valence-electron chi connectivity index (χ2n) is 2.01. The third-order valence-electron chi connectivity index (χ3n) is 1.25. The Morgan fingerprint density at radius 3 is 3.18 bits per heavy atom. The third kappa shape index (κ3) is 1.68. The van der Waals surface area contributed by atoms with Crippen LogP contribution in [0.2, 0.25) is 0 Å². The average molecular weight is 147 g/mol. The minimum atomic E-state index is 0.578. The molecule has 1 aromatic rings. The summed E-state index contributed by atoms with van der Waals surface area (Å²) in [5, 5.41) is 3.00. The molecule has 0 saturated heterocycles. The lowest BCUT2D eigenvalue weighted by molar-refractivity contribution is 1.16. The quantitative estimate of drug-likeness (QED) is 0.649. The molecule has 0 radical (unpaired) electrons. The molecule has 0 saturated carbocycles. The van der Waals surface area contributed by atoms with E-state index in [0.29, 0.717) is 11.5 Å². The van der Waals surface area contributed by atoms with Crippen molar-refractivity contribution in [1.82, 2.24) is 4.98 Å². The lowest BCUT2D eigenvalue weighted by Crippen LogP contribution is -1.98. The zero-order chi connectivity index (χ0) is 8.10. The molecule has 0 spiro atoms. The van der Waals surface area contributed by atoms with E-state index in [9.17, 15) is 0 Å². The molecule has 3 heteroatoms. The Hall–Kier alpha value is -1.56. The van der Waals surface area contributed by atoms with Gasteiger partial charge in [0.15, 0.2) is 0 Å². The standard InChI is InChI=1S/C8H9N3/c1-3-10-8-7(9-2)5-4-6-11-8/h4-6H,3H2,1H3,(H,10,11).